The Morgan fingerprint density at radius 2 is 1.84 bits per heavy atom. The van der Waals surface area contributed by atoms with Crippen LogP contribution in [-0.2, 0) is 24.0 Å². The molecule has 0 unspecified atom stereocenters. The van der Waals surface area contributed by atoms with E-state index in [1.807, 2.05) is 4.90 Å². The number of likely N-dealkylation sites (tertiary alicyclic amines) is 1. The van der Waals surface area contributed by atoms with Crippen LogP contribution in [0.3, 0.4) is 0 Å². The second-order valence-corrected chi connectivity index (χ2v) is 10.2. The van der Waals surface area contributed by atoms with E-state index in [9.17, 15) is 26.7 Å². The van der Waals surface area contributed by atoms with Crippen molar-refractivity contribution in [1.29, 1.82) is 0 Å². The number of amides is 1. The van der Waals surface area contributed by atoms with Gasteiger partial charge in [-0.05, 0) is 50.6 Å². The summed E-state index contributed by atoms with van der Waals surface area (Å²) < 4.78 is 79.0. The first kappa shape index (κ1) is 26.8. The number of furan rings is 1. The number of carbonyl (C=O) groups excluding carboxylic acids is 1. The van der Waals surface area contributed by atoms with Gasteiger partial charge in [-0.15, -0.1) is 0 Å². The minimum Gasteiger partial charge on any atom is -0.459 e. The molecule has 11 heteroatoms. The number of rotatable bonds is 5. The lowest BCUT2D eigenvalue weighted by molar-refractivity contribution is -0.136. The Morgan fingerprint density at radius 3 is 2.43 bits per heavy atom. The zero-order valence-corrected chi connectivity index (χ0v) is 20.7. The van der Waals surface area contributed by atoms with E-state index in [-0.39, 0.29) is 54.8 Å². The topological polar surface area (TPSA) is 67.6 Å². The van der Waals surface area contributed by atoms with Gasteiger partial charge in [0.25, 0.3) is 5.92 Å². The smallest absolute Gasteiger partial charge is 0.420 e. The van der Waals surface area contributed by atoms with Gasteiger partial charge in [-0.1, -0.05) is 6.07 Å². The predicted molar refractivity (Wildman–Crippen MR) is 127 cm³/mol. The molecule has 3 heterocycles. The van der Waals surface area contributed by atoms with Crippen molar-refractivity contribution in [3.63, 3.8) is 0 Å². The molecule has 3 aromatic rings. The molecule has 0 atom stereocenters. The summed E-state index contributed by atoms with van der Waals surface area (Å²) in [6, 6.07) is 7.30. The van der Waals surface area contributed by atoms with Gasteiger partial charge in [0.2, 0.25) is 0 Å². The lowest BCUT2D eigenvalue weighted by Crippen LogP contribution is -2.38. The zero-order valence-electron chi connectivity index (χ0n) is 20.7. The number of halogens is 5. The van der Waals surface area contributed by atoms with Crippen LogP contribution in [0, 0.1) is 0 Å². The number of benzene rings is 1. The van der Waals surface area contributed by atoms with Crippen LogP contribution in [-0.4, -0.2) is 40.6 Å². The highest BCUT2D eigenvalue weighted by atomic mass is 19.4. The molecule has 0 spiro atoms. The van der Waals surface area contributed by atoms with Crippen molar-refractivity contribution >= 4 is 17.1 Å². The van der Waals surface area contributed by atoms with Crippen molar-refractivity contribution in [2.75, 3.05) is 13.1 Å². The number of ether oxygens (including phenoxy) is 1. The summed E-state index contributed by atoms with van der Waals surface area (Å²) in [5, 5.41) is 2.68. The molecule has 6 nitrogen and oxygen atoms in total. The molecule has 1 amide bonds. The number of hydrogen-bond acceptors (Lipinski definition) is 5. The van der Waals surface area contributed by atoms with E-state index >= 15 is 0 Å². The molecule has 1 saturated heterocycles. The molecule has 1 aliphatic rings. The highest BCUT2D eigenvalue weighted by molar-refractivity contribution is 5.87. The highest BCUT2D eigenvalue weighted by Crippen LogP contribution is 2.39. The van der Waals surface area contributed by atoms with Gasteiger partial charge in [-0.25, -0.2) is 13.6 Å². The van der Waals surface area contributed by atoms with Crippen LogP contribution in [0.5, 0.6) is 0 Å². The number of alkyl carbamates (subject to hydrolysis) is 1. The zero-order chi connectivity index (χ0) is 27.0. The molecule has 1 aliphatic heterocycles. The van der Waals surface area contributed by atoms with Crippen molar-refractivity contribution < 1.29 is 35.9 Å². The first-order valence-electron chi connectivity index (χ1n) is 11.8. The Balaban J connectivity index is 1.54. The molecule has 1 N–H and O–H groups in total. The first-order chi connectivity index (χ1) is 17.2. The van der Waals surface area contributed by atoms with Gasteiger partial charge in [0, 0.05) is 49.6 Å². The lowest BCUT2D eigenvalue weighted by atomic mass is 10.0. The first-order valence-corrected chi connectivity index (χ1v) is 11.8. The van der Waals surface area contributed by atoms with Crippen molar-refractivity contribution in [3.8, 4) is 11.3 Å². The molecule has 0 aliphatic carbocycles. The quantitative estimate of drug-likeness (QED) is 0.373. The summed E-state index contributed by atoms with van der Waals surface area (Å²) >= 11 is 0. The van der Waals surface area contributed by atoms with E-state index in [0.717, 1.165) is 11.6 Å². The van der Waals surface area contributed by atoms with E-state index in [1.54, 1.807) is 45.2 Å². The summed E-state index contributed by atoms with van der Waals surface area (Å²) in [4.78, 5) is 18.1. The van der Waals surface area contributed by atoms with E-state index in [0.29, 0.717) is 12.2 Å². The van der Waals surface area contributed by atoms with Crippen LogP contribution >= 0.6 is 0 Å². The maximum Gasteiger partial charge on any atom is 0.420 e. The third kappa shape index (κ3) is 6.97. The molecule has 0 bridgehead atoms. The number of piperidine rings is 1. The molecule has 37 heavy (non-hydrogen) atoms. The number of pyridine rings is 1. The molecule has 4 rings (SSSR count). The fourth-order valence-corrected chi connectivity index (χ4v) is 4.11. The van der Waals surface area contributed by atoms with Crippen LogP contribution < -0.4 is 5.32 Å². The molecule has 1 fully saturated rings. The van der Waals surface area contributed by atoms with Crippen LogP contribution in [0.25, 0.3) is 22.2 Å². The summed E-state index contributed by atoms with van der Waals surface area (Å²) in [6.45, 7) is 5.91. The Hall–Kier alpha value is -3.21. The van der Waals surface area contributed by atoms with Crippen molar-refractivity contribution in [1.82, 2.24) is 15.2 Å². The Bertz CT molecular complexity index is 1250. The Labute approximate surface area is 210 Å². The Morgan fingerprint density at radius 1 is 1.14 bits per heavy atom. The average Bonchev–Trinajstić information content (AvgIpc) is 3.20. The van der Waals surface area contributed by atoms with Crippen LogP contribution in [0.4, 0.5) is 26.7 Å². The van der Waals surface area contributed by atoms with Crippen LogP contribution in [0.1, 0.15) is 50.5 Å². The van der Waals surface area contributed by atoms with E-state index in [4.69, 9.17) is 9.15 Å². The number of nitrogens with one attached hydrogen (secondary N) is 1. The number of aromatic nitrogens is 1. The molecule has 200 valence electrons. The van der Waals surface area contributed by atoms with Gasteiger partial charge in [-0.3, -0.25) is 9.88 Å². The number of nitrogens with zero attached hydrogens (tertiary/aromatic N) is 2. The van der Waals surface area contributed by atoms with Gasteiger partial charge in [-0.2, -0.15) is 13.2 Å². The fourth-order valence-electron chi connectivity index (χ4n) is 4.11. The molecule has 2 aromatic heterocycles. The maximum atomic E-state index is 13.9. The van der Waals surface area contributed by atoms with Crippen molar-refractivity contribution in [2.24, 2.45) is 0 Å². The van der Waals surface area contributed by atoms with Gasteiger partial charge < -0.3 is 14.5 Å². The lowest BCUT2D eigenvalue weighted by Gasteiger charge is -2.31. The molecular formula is C26H28F5N3O3. The van der Waals surface area contributed by atoms with Crippen molar-refractivity contribution in [2.45, 2.75) is 64.4 Å². The molecule has 0 saturated carbocycles. The third-order valence-corrected chi connectivity index (χ3v) is 5.89. The van der Waals surface area contributed by atoms with Crippen molar-refractivity contribution in [3.05, 3.63) is 53.4 Å². The highest BCUT2D eigenvalue weighted by Gasteiger charge is 2.36. The standard InChI is InChI=1S/C26H28F5N3O3/c1-24(2,3)37-23(35)33-14-19-11-18-10-17(12-20(22(18)36-19)26(29,30)31)21-5-4-16(13-32-21)15-34-8-6-25(27,28)7-9-34/h4-5,10-13H,6-9,14-15H2,1-3H3,(H,33,35). The fraction of sp³-hybridized carbons (Fsp3) is 0.462. The SMILES string of the molecule is CC(C)(C)OC(=O)NCc1cc2cc(-c3ccc(CN4CCC(F)(F)CC4)cn3)cc(C(F)(F)F)c2o1. The molecule has 1 aromatic carbocycles. The maximum absolute atomic E-state index is 13.9. The largest absolute Gasteiger partial charge is 0.459 e. The third-order valence-electron chi connectivity index (χ3n) is 5.89. The van der Waals surface area contributed by atoms with E-state index in [1.165, 1.54) is 6.07 Å². The van der Waals surface area contributed by atoms with Gasteiger partial charge >= 0.3 is 12.3 Å². The normalized spacial score (nSPS) is 16.6. The average molecular weight is 526 g/mol. The molecule has 0 radical (unpaired) electrons. The summed E-state index contributed by atoms with van der Waals surface area (Å²) in [7, 11) is 0. The predicted octanol–water partition coefficient (Wildman–Crippen LogP) is 6.77. The second-order valence-electron chi connectivity index (χ2n) is 10.2. The molecular weight excluding hydrogens is 497 g/mol. The number of fused-ring (bicyclic) bond motifs is 1. The van der Waals surface area contributed by atoms with E-state index < -0.39 is 29.4 Å². The summed E-state index contributed by atoms with van der Waals surface area (Å²) in [5.74, 6) is -2.49. The van der Waals surface area contributed by atoms with Crippen LogP contribution in [0.2, 0.25) is 0 Å². The number of carbonyl (C=O) groups is 1. The summed E-state index contributed by atoms with van der Waals surface area (Å²) in [6.07, 6.45) is -4.24. The summed E-state index contributed by atoms with van der Waals surface area (Å²) in [5.41, 5.74) is -0.655. The number of alkyl halides is 5. The minimum atomic E-state index is -4.68. The second kappa shape index (κ2) is 9.92. The van der Waals surface area contributed by atoms with Gasteiger partial charge in [0.05, 0.1) is 17.8 Å². The van der Waals surface area contributed by atoms with Gasteiger partial charge in [0.15, 0.2) is 0 Å². The van der Waals surface area contributed by atoms with E-state index in [2.05, 4.69) is 10.3 Å². The monoisotopic (exact) mass is 525 g/mol. The number of hydrogen-bond donors (Lipinski definition) is 1. The van der Waals surface area contributed by atoms with Gasteiger partial charge in [0.1, 0.15) is 16.9 Å². The minimum absolute atomic E-state index is 0.138. The Kier molecular flexibility index (Phi) is 7.20. The van der Waals surface area contributed by atoms with Crippen LogP contribution in [0.15, 0.2) is 40.9 Å².